The quantitative estimate of drug-likeness (QED) is 0.401. The summed E-state index contributed by atoms with van der Waals surface area (Å²) >= 11 is 0. The highest BCUT2D eigenvalue weighted by Crippen LogP contribution is 2.24. The zero-order chi connectivity index (χ0) is 14.8. The number of ether oxygens (including phenoxy) is 1. The van der Waals surface area contributed by atoms with Crippen LogP contribution >= 0.6 is 0 Å². The third kappa shape index (κ3) is 5.42. The number of unbranched alkanes of at least 4 members (excludes halogenated alkanes) is 5. The average molecular weight is 281 g/mol. The van der Waals surface area contributed by atoms with Crippen molar-refractivity contribution in [3.8, 4) is 5.88 Å². The minimum absolute atomic E-state index is 0.0169. The van der Waals surface area contributed by atoms with E-state index >= 15 is 0 Å². The summed E-state index contributed by atoms with van der Waals surface area (Å²) in [6.45, 7) is 2.88. The van der Waals surface area contributed by atoms with Gasteiger partial charge in [0.05, 0.1) is 12.0 Å². The lowest BCUT2D eigenvalue weighted by Gasteiger charge is -2.07. The largest absolute Gasteiger partial charge is 0.481 e. The highest BCUT2D eigenvalue weighted by molar-refractivity contribution is 5.56. The first-order valence-corrected chi connectivity index (χ1v) is 7.12. The molecule has 1 N–H and O–H groups in total. The van der Waals surface area contributed by atoms with Gasteiger partial charge in [-0.05, 0) is 6.42 Å². The number of anilines is 1. The zero-order valence-corrected chi connectivity index (χ0v) is 12.2. The Bertz CT molecular complexity index is 424. The molecule has 20 heavy (non-hydrogen) atoms. The number of hydrogen-bond donors (Lipinski definition) is 1. The summed E-state index contributed by atoms with van der Waals surface area (Å²) in [6, 6.07) is 2.91. The van der Waals surface area contributed by atoms with Crippen molar-refractivity contribution in [2.24, 2.45) is 0 Å². The molecule has 0 fully saturated rings. The lowest BCUT2D eigenvalue weighted by atomic mass is 10.1. The van der Waals surface area contributed by atoms with Gasteiger partial charge in [-0.3, -0.25) is 10.1 Å². The standard InChI is InChI=1S/C14H23N3O3/c1-3-4-5-6-7-8-11-15-14-12(17(18)19)9-10-13(16-14)20-2/h9-10H,3-8,11H2,1-2H3,(H,15,16). The Hall–Kier alpha value is -1.85. The van der Waals surface area contributed by atoms with E-state index in [1.54, 1.807) is 0 Å². The van der Waals surface area contributed by atoms with Crippen LogP contribution in [0.2, 0.25) is 0 Å². The van der Waals surface area contributed by atoms with Gasteiger partial charge in [-0.1, -0.05) is 39.0 Å². The number of aromatic nitrogens is 1. The number of rotatable bonds is 10. The Morgan fingerprint density at radius 3 is 2.60 bits per heavy atom. The van der Waals surface area contributed by atoms with Crippen molar-refractivity contribution in [2.45, 2.75) is 45.4 Å². The molecule has 6 heteroatoms. The first kappa shape index (κ1) is 16.2. The smallest absolute Gasteiger partial charge is 0.311 e. The fourth-order valence-corrected chi connectivity index (χ4v) is 1.94. The summed E-state index contributed by atoms with van der Waals surface area (Å²) in [5.41, 5.74) is -0.0169. The molecule has 0 aromatic carbocycles. The molecule has 0 aliphatic heterocycles. The van der Waals surface area contributed by atoms with Crippen molar-refractivity contribution in [1.82, 2.24) is 4.98 Å². The predicted octanol–water partition coefficient (Wildman–Crippen LogP) is 3.77. The number of nitrogens with zero attached hydrogens (tertiary/aromatic N) is 2. The van der Waals surface area contributed by atoms with Crippen LogP contribution in [0.3, 0.4) is 0 Å². The van der Waals surface area contributed by atoms with Crippen molar-refractivity contribution >= 4 is 11.5 Å². The number of methoxy groups -OCH3 is 1. The summed E-state index contributed by atoms with van der Waals surface area (Å²) in [4.78, 5) is 14.6. The van der Waals surface area contributed by atoms with E-state index in [9.17, 15) is 10.1 Å². The van der Waals surface area contributed by atoms with Gasteiger partial charge in [0.15, 0.2) is 0 Å². The van der Waals surface area contributed by atoms with Crippen molar-refractivity contribution in [3.63, 3.8) is 0 Å². The van der Waals surface area contributed by atoms with Crippen LogP contribution in [0.25, 0.3) is 0 Å². The van der Waals surface area contributed by atoms with E-state index in [0.29, 0.717) is 12.4 Å². The molecule has 1 aromatic heterocycles. The normalized spacial score (nSPS) is 10.3. The molecule has 0 aliphatic carbocycles. The fraction of sp³-hybridized carbons (Fsp3) is 0.643. The summed E-state index contributed by atoms with van der Waals surface area (Å²) < 4.78 is 4.99. The van der Waals surface area contributed by atoms with Gasteiger partial charge in [0.1, 0.15) is 0 Å². The van der Waals surface area contributed by atoms with E-state index in [-0.39, 0.29) is 11.5 Å². The van der Waals surface area contributed by atoms with E-state index < -0.39 is 4.92 Å². The molecule has 0 bridgehead atoms. The SMILES string of the molecule is CCCCCCCCNc1nc(OC)ccc1[N+](=O)[O-]. The molecule has 0 saturated carbocycles. The van der Waals surface area contributed by atoms with Crippen molar-refractivity contribution in [1.29, 1.82) is 0 Å². The molecule has 0 saturated heterocycles. The van der Waals surface area contributed by atoms with Gasteiger partial charge < -0.3 is 10.1 Å². The molecule has 112 valence electrons. The summed E-state index contributed by atoms with van der Waals surface area (Å²) in [5, 5.41) is 13.9. The predicted molar refractivity (Wildman–Crippen MR) is 79.3 cm³/mol. The maximum absolute atomic E-state index is 10.9. The van der Waals surface area contributed by atoms with Gasteiger partial charge in [0, 0.05) is 18.7 Å². The van der Waals surface area contributed by atoms with Crippen molar-refractivity contribution < 1.29 is 9.66 Å². The maximum atomic E-state index is 10.9. The molecule has 1 aromatic rings. The molecular weight excluding hydrogens is 258 g/mol. The Morgan fingerprint density at radius 2 is 1.95 bits per heavy atom. The van der Waals surface area contributed by atoms with Gasteiger partial charge in [0.2, 0.25) is 11.7 Å². The first-order chi connectivity index (χ1) is 9.69. The second-order valence-electron chi connectivity index (χ2n) is 4.67. The average Bonchev–Trinajstić information content (AvgIpc) is 2.45. The highest BCUT2D eigenvalue weighted by Gasteiger charge is 2.15. The number of pyridine rings is 1. The summed E-state index contributed by atoms with van der Waals surface area (Å²) in [6.07, 6.45) is 7.09. The molecule has 1 heterocycles. The van der Waals surface area contributed by atoms with E-state index in [2.05, 4.69) is 17.2 Å². The molecule has 1 rings (SSSR count). The minimum atomic E-state index is -0.435. The summed E-state index contributed by atoms with van der Waals surface area (Å²) in [7, 11) is 1.49. The molecule has 0 amide bonds. The zero-order valence-electron chi connectivity index (χ0n) is 12.2. The van der Waals surface area contributed by atoms with Crippen LogP contribution in [-0.4, -0.2) is 23.6 Å². The van der Waals surface area contributed by atoms with Crippen LogP contribution in [0.5, 0.6) is 5.88 Å². The van der Waals surface area contributed by atoms with E-state index in [0.717, 1.165) is 12.8 Å². The van der Waals surface area contributed by atoms with E-state index in [1.807, 2.05) is 0 Å². The minimum Gasteiger partial charge on any atom is -0.481 e. The second-order valence-corrected chi connectivity index (χ2v) is 4.67. The Morgan fingerprint density at radius 1 is 1.25 bits per heavy atom. The number of hydrogen-bond acceptors (Lipinski definition) is 5. The lowest BCUT2D eigenvalue weighted by Crippen LogP contribution is -2.07. The van der Waals surface area contributed by atoms with Crippen LogP contribution in [-0.2, 0) is 0 Å². The molecule has 0 radical (unpaired) electrons. The van der Waals surface area contributed by atoms with Crippen molar-refractivity contribution in [3.05, 3.63) is 22.2 Å². The van der Waals surface area contributed by atoms with Crippen LogP contribution in [0.15, 0.2) is 12.1 Å². The van der Waals surface area contributed by atoms with Crippen LogP contribution in [0.4, 0.5) is 11.5 Å². The Balaban J connectivity index is 2.43. The van der Waals surface area contributed by atoms with Gasteiger partial charge in [-0.25, -0.2) is 0 Å². The van der Waals surface area contributed by atoms with Gasteiger partial charge >= 0.3 is 5.69 Å². The van der Waals surface area contributed by atoms with E-state index in [1.165, 1.54) is 44.9 Å². The lowest BCUT2D eigenvalue weighted by molar-refractivity contribution is -0.384. The topological polar surface area (TPSA) is 77.3 Å². The third-order valence-electron chi connectivity index (χ3n) is 3.08. The van der Waals surface area contributed by atoms with Gasteiger partial charge in [-0.2, -0.15) is 4.98 Å². The highest BCUT2D eigenvalue weighted by atomic mass is 16.6. The Labute approximate surface area is 119 Å². The molecule has 0 unspecified atom stereocenters. The number of nitro groups is 1. The van der Waals surface area contributed by atoms with Crippen LogP contribution in [0.1, 0.15) is 45.4 Å². The summed E-state index contributed by atoms with van der Waals surface area (Å²) in [5.74, 6) is 0.656. The monoisotopic (exact) mass is 281 g/mol. The second kappa shape index (κ2) is 9.12. The fourth-order valence-electron chi connectivity index (χ4n) is 1.94. The van der Waals surface area contributed by atoms with E-state index in [4.69, 9.17) is 4.74 Å². The van der Waals surface area contributed by atoms with Crippen molar-refractivity contribution in [2.75, 3.05) is 19.0 Å². The molecule has 0 aliphatic rings. The first-order valence-electron chi connectivity index (χ1n) is 7.12. The molecule has 0 spiro atoms. The third-order valence-corrected chi connectivity index (χ3v) is 3.08. The van der Waals surface area contributed by atoms with Crippen LogP contribution in [0, 0.1) is 10.1 Å². The number of nitrogens with one attached hydrogen (secondary N) is 1. The molecule has 6 nitrogen and oxygen atoms in total. The Kier molecular flexibility index (Phi) is 7.39. The molecule has 0 atom stereocenters. The van der Waals surface area contributed by atoms with Gasteiger partial charge in [-0.15, -0.1) is 0 Å². The van der Waals surface area contributed by atoms with Crippen LogP contribution < -0.4 is 10.1 Å². The molecular formula is C14H23N3O3. The van der Waals surface area contributed by atoms with Gasteiger partial charge in [0.25, 0.3) is 0 Å². The maximum Gasteiger partial charge on any atom is 0.311 e.